The van der Waals surface area contributed by atoms with Crippen molar-refractivity contribution in [3.63, 3.8) is 0 Å². The zero-order valence-electron chi connectivity index (χ0n) is 6.26. The van der Waals surface area contributed by atoms with Crippen molar-refractivity contribution >= 4 is 10.0 Å². The fourth-order valence-corrected chi connectivity index (χ4v) is 1.71. The van der Waals surface area contributed by atoms with Crippen LogP contribution in [0.1, 0.15) is 19.8 Å². The maximum atomic E-state index is 10.9. The molecule has 0 aliphatic rings. The van der Waals surface area contributed by atoms with E-state index in [-0.39, 0.29) is 5.75 Å². The van der Waals surface area contributed by atoms with Gasteiger partial charge in [0.1, 0.15) is 0 Å². The van der Waals surface area contributed by atoms with Crippen LogP contribution in [0.4, 0.5) is 0 Å². The van der Waals surface area contributed by atoms with Crippen LogP contribution < -0.4 is 4.72 Å². The number of sulfonamides is 1. The van der Waals surface area contributed by atoms with Gasteiger partial charge in [0.2, 0.25) is 10.0 Å². The van der Waals surface area contributed by atoms with Crippen LogP contribution in [0.2, 0.25) is 0 Å². The third kappa shape index (κ3) is 4.76. The fourth-order valence-electron chi connectivity index (χ4n) is 0.569. The molecular formula is C6H14NO2S. The lowest BCUT2D eigenvalue weighted by atomic mass is 10.5. The fraction of sp³-hybridized carbons (Fsp3) is 0.833. The zero-order chi connectivity index (χ0) is 8.04. The van der Waals surface area contributed by atoms with Crippen LogP contribution in [-0.2, 0) is 10.0 Å². The first kappa shape index (κ1) is 9.91. The third-order valence-electron chi connectivity index (χ3n) is 0.972. The highest BCUT2D eigenvalue weighted by molar-refractivity contribution is 7.89. The van der Waals surface area contributed by atoms with Crippen LogP contribution in [0.25, 0.3) is 0 Å². The number of hydrogen-bond acceptors (Lipinski definition) is 2. The van der Waals surface area contributed by atoms with Crippen molar-refractivity contribution < 1.29 is 8.42 Å². The van der Waals surface area contributed by atoms with Gasteiger partial charge in [-0.3, -0.25) is 0 Å². The highest BCUT2D eigenvalue weighted by Gasteiger charge is 2.05. The molecule has 0 saturated carbocycles. The summed E-state index contributed by atoms with van der Waals surface area (Å²) in [5.74, 6) is 0.215. The minimum Gasteiger partial charge on any atom is -0.215 e. The molecule has 0 fully saturated rings. The second-order valence-electron chi connectivity index (χ2n) is 2.07. The Morgan fingerprint density at radius 2 is 2.10 bits per heavy atom. The molecule has 3 nitrogen and oxygen atoms in total. The molecule has 4 heteroatoms. The van der Waals surface area contributed by atoms with Gasteiger partial charge in [-0.15, -0.1) is 0 Å². The third-order valence-corrected chi connectivity index (χ3v) is 2.56. The molecule has 0 aromatic heterocycles. The van der Waals surface area contributed by atoms with Gasteiger partial charge in [-0.25, -0.2) is 13.1 Å². The predicted octanol–water partition coefficient (Wildman–Crippen LogP) is 0.540. The lowest BCUT2D eigenvalue weighted by Gasteiger charge is -2.01. The van der Waals surface area contributed by atoms with Crippen molar-refractivity contribution in [3.8, 4) is 0 Å². The first-order valence-corrected chi connectivity index (χ1v) is 5.04. The van der Waals surface area contributed by atoms with Gasteiger partial charge in [0.25, 0.3) is 0 Å². The Morgan fingerprint density at radius 3 is 2.50 bits per heavy atom. The van der Waals surface area contributed by atoms with Gasteiger partial charge in [-0.1, -0.05) is 13.8 Å². The maximum absolute atomic E-state index is 10.9. The lowest BCUT2D eigenvalue weighted by molar-refractivity contribution is 0.580. The van der Waals surface area contributed by atoms with Crippen molar-refractivity contribution in [1.29, 1.82) is 0 Å². The van der Waals surface area contributed by atoms with E-state index in [2.05, 4.69) is 11.6 Å². The Balaban J connectivity index is 3.65. The maximum Gasteiger partial charge on any atom is 0.211 e. The molecule has 1 radical (unpaired) electrons. The van der Waals surface area contributed by atoms with Gasteiger partial charge in [0.05, 0.1) is 5.75 Å². The molecule has 61 valence electrons. The van der Waals surface area contributed by atoms with Gasteiger partial charge >= 0.3 is 0 Å². The Bertz CT molecular complexity index is 163. The van der Waals surface area contributed by atoms with Crippen molar-refractivity contribution in [2.45, 2.75) is 19.8 Å². The molecule has 0 heterocycles. The molecule has 0 amide bonds. The van der Waals surface area contributed by atoms with E-state index >= 15 is 0 Å². The second kappa shape index (κ2) is 4.68. The van der Waals surface area contributed by atoms with Gasteiger partial charge < -0.3 is 0 Å². The van der Waals surface area contributed by atoms with Crippen molar-refractivity contribution in [3.05, 3.63) is 6.92 Å². The average Bonchev–Trinajstić information content (AvgIpc) is 1.84. The van der Waals surface area contributed by atoms with E-state index < -0.39 is 10.0 Å². The summed E-state index contributed by atoms with van der Waals surface area (Å²) in [6.07, 6.45) is 1.26. The predicted molar refractivity (Wildman–Crippen MR) is 42.1 cm³/mol. The number of rotatable bonds is 5. The van der Waals surface area contributed by atoms with Gasteiger partial charge in [-0.2, -0.15) is 0 Å². The minimum absolute atomic E-state index is 0.215. The molecule has 0 atom stereocenters. The molecular weight excluding hydrogens is 150 g/mol. The molecule has 0 bridgehead atoms. The van der Waals surface area contributed by atoms with E-state index in [1.807, 2.05) is 6.92 Å². The summed E-state index contributed by atoms with van der Waals surface area (Å²) in [5, 5.41) is 0. The summed E-state index contributed by atoms with van der Waals surface area (Å²) in [6, 6.07) is 0. The standard InChI is InChI=1S/C6H14NO2S/c1-3-5-7-10(8,9)6-4-2/h7H,1,3-6H2,2H3. The highest BCUT2D eigenvalue weighted by Crippen LogP contribution is 1.87. The highest BCUT2D eigenvalue weighted by atomic mass is 32.2. The zero-order valence-corrected chi connectivity index (χ0v) is 7.08. The molecule has 0 aliphatic carbocycles. The number of nitrogens with one attached hydrogen (secondary N) is 1. The van der Waals surface area contributed by atoms with E-state index in [1.165, 1.54) is 0 Å². The van der Waals surface area contributed by atoms with E-state index in [0.717, 1.165) is 0 Å². The van der Waals surface area contributed by atoms with E-state index in [0.29, 0.717) is 19.4 Å². The Hall–Kier alpha value is -0.0900. The van der Waals surface area contributed by atoms with Crippen molar-refractivity contribution in [2.24, 2.45) is 0 Å². The van der Waals surface area contributed by atoms with Gasteiger partial charge in [0.15, 0.2) is 0 Å². The average molecular weight is 164 g/mol. The topological polar surface area (TPSA) is 46.2 Å². The van der Waals surface area contributed by atoms with Crippen molar-refractivity contribution in [1.82, 2.24) is 4.72 Å². The van der Waals surface area contributed by atoms with Crippen LogP contribution in [0.3, 0.4) is 0 Å². The van der Waals surface area contributed by atoms with Crippen LogP contribution in [0.15, 0.2) is 0 Å². The summed E-state index contributed by atoms with van der Waals surface area (Å²) in [4.78, 5) is 0. The van der Waals surface area contributed by atoms with Crippen LogP contribution in [-0.4, -0.2) is 20.7 Å². The molecule has 0 saturated heterocycles. The molecule has 0 spiro atoms. The first-order valence-electron chi connectivity index (χ1n) is 3.39. The summed E-state index contributed by atoms with van der Waals surface area (Å²) >= 11 is 0. The Morgan fingerprint density at radius 1 is 1.50 bits per heavy atom. The van der Waals surface area contributed by atoms with E-state index in [4.69, 9.17) is 0 Å². The number of hydrogen-bond donors (Lipinski definition) is 1. The Labute approximate surface area is 62.9 Å². The molecule has 0 rings (SSSR count). The van der Waals surface area contributed by atoms with Crippen LogP contribution >= 0.6 is 0 Å². The smallest absolute Gasteiger partial charge is 0.211 e. The van der Waals surface area contributed by atoms with E-state index in [9.17, 15) is 8.42 Å². The second-order valence-corrected chi connectivity index (χ2v) is 3.99. The molecule has 0 aromatic carbocycles. The summed E-state index contributed by atoms with van der Waals surface area (Å²) in [5.41, 5.74) is 0. The molecule has 0 aliphatic heterocycles. The largest absolute Gasteiger partial charge is 0.215 e. The van der Waals surface area contributed by atoms with Crippen molar-refractivity contribution in [2.75, 3.05) is 12.3 Å². The van der Waals surface area contributed by atoms with Crippen LogP contribution in [0.5, 0.6) is 0 Å². The molecule has 0 aromatic rings. The molecule has 0 unspecified atom stereocenters. The Kier molecular flexibility index (Phi) is 4.64. The monoisotopic (exact) mass is 164 g/mol. The summed E-state index contributed by atoms with van der Waals surface area (Å²) in [6.45, 7) is 5.81. The molecule has 10 heavy (non-hydrogen) atoms. The van der Waals surface area contributed by atoms with Gasteiger partial charge in [0, 0.05) is 6.54 Å². The molecule has 1 N–H and O–H groups in total. The summed E-state index contributed by atoms with van der Waals surface area (Å²) < 4.78 is 24.1. The van der Waals surface area contributed by atoms with Gasteiger partial charge in [-0.05, 0) is 12.8 Å². The van der Waals surface area contributed by atoms with E-state index in [1.54, 1.807) is 0 Å². The SMILES string of the molecule is [CH2]CCNS(=O)(=O)CCC. The summed E-state index contributed by atoms with van der Waals surface area (Å²) in [7, 11) is -2.98. The minimum atomic E-state index is -2.98. The quantitative estimate of drug-likeness (QED) is 0.644. The first-order chi connectivity index (χ1) is 4.62. The van der Waals surface area contributed by atoms with Crippen LogP contribution in [0, 0.1) is 6.92 Å². The normalized spacial score (nSPS) is 11.8. The lowest BCUT2D eigenvalue weighted by Crippen LogP contribution is -2.26.